The summed E-state index contributed by atoms with van der Waals surface area (Å²) in [6, 6.07) is 6.62. The highest BCUT2D eigenvalue weighted by atomic mass is 16.3. The molecule has 0 spiro atoms. The molecule has 0 radical (unpaired) electrons. The quantitative estimate of drug-likeness (QED) is 0.744. The lowest BCUT2D eigenvalue weighted by atomic mass is 9.97. The average molecular weight is 264 g/mol. The van der Waals surface area contributed by atoms with Crippen molar-refractivity contribution in [3.63, 3.8) is 0 Å². The molecule has 0 amide bonds. The molecule has 0 aliphatic heterocycles. The van der Waals surface area contributed by atoms with Gasteiger partial charge < -0.3 is 15.7 Å². The highest BCUT2D eigenvalue weighted by Crippen LogP contribution is 2.18. The van der Waals surface area contributed by atoms with Crippen LogP contribution >= 0.6 is 0 Å². The normalized spacial score (nSPS) is 14.2. The summed E-state index contributed by atoms with van der Waals surface area (Å²) in [4.78, 5) is 2.28. The van der Waals surface area contributed by atoms with Gasteiger partial charge in [0, 0.05) is 24.8 Å². The van der Waals surface area contributed by atoms with Crippen molar-refractivity contribution in [1.29, 1.82) is 0 Å². The SMILES string of the molecule is Cc1cc(C)cc(N(C)CCCCC(C)(N)CO)c1. The Bertz CT molecular complexity index is 381. The standard InChI is InChI=1S/C16H28N2O/c1-13-9-14(2)11-15(10-13)18(4)8-6-5-7-16(3,17)12-19/h9-11,19H,5-8,12,17H2,1-4H3. The van der Waals surface area contributed by atoms with Gasteiger partial charge in [0.05, 0.1) is 6.61 Å². The zero-order chi connectivity index (χ0) is 14.5. The third-order valence-corrected chi connectivity index (χ3v) is 3.50. The van der Waals surface area contributed by atoms with E-state index in [0.717, 1.165) is 25.8 Å². The molecule has 0 heterocycles. The monoisotopic (exact) mass is 264 g/mol. The Morgan fingerprint density at radius 1 is 1.16 bits per heavy atom. The topological polar surface area (TPSA) is 49.5 Å². The molecule has 0 aliphatic carbocycles. The molecule has 19 heavy (non-hydrogen) atoms. The minimum atomic E-state index is -0.432. The maximum atomic E-state index is 9.11. The summed E-state index contributed by atoms with van der Waals surface area (Å²) >= 11 is 0. The number of unbranched alkanes of at least 4 members (excludes halogenated alkanes) is 1. The van der Waals surface area contributed by atoms with E-state index in [-0.39, 0.29) is 6.61 Å². The van der Waals surface area contributed by atoms with Crippen LogP contribution in [0.3, 0.4) is 0 Å². The van der Waals surface area contributed by atoms with Gasteiger partial charge in [-0.1, -0.05) is 6.07 Å². The van der Waals surface area contributed by atoms with Gasteiger partial charge in [0.2, 0.25) is 0 Å². The lowest BCUT2D eigenvalue weighted by molar-refractivity contribution is 0.197. The number of anilines is 1. The van der Waals surface area contributed by atoms with Crippen LogP contribution in [-0.4, -0.2) is 30.8 Å². The molecule has 0 saturated heterocycles. The summed E-state index contributed by atoms with van der Waals surface area (Å²) in [5, 5.41) is 9.11. The van der Waals surface area contributed by atoms with Gasteiger partial charge in [0.1, 0.15) is 0 Å². The van der Waals surface area contributed by atoms with Crippen molar-refractivity contribution in [1.82, 2.24) is 0 Å². The van der Waals surface area contributed by atoms with Crippen molar-refractivity contribution >= 4 is 5.69 Å². The van der Waals surface area contributed by atoms with Gasteiger partial charge in [-0.2, -0.15) is 0 Å². The van der Waals surface area contributed by atoms with Crippen molar-refractivity contribution in [3.05, 3.63) is 29.3 Å². The van der Waals surface area contributed by atoms with Crippen LogP contribution in [0.4, 0.5) is 5.69 Å². The molecule has 1 rings (SSSR count). The first-order chi connectivity index (χ1) is 8.84. The lowest BCUT2D eigenvalue weighted by Gasteiger charge is -2.23. The highest BCUT2D eigenvalue weighted by molar-refractivity contribution is 5.50. The molecule has 3 heteroatoms. The number of aliphatic hydroxyl groups excluding tert-OH is 1. The first-order valence-electron chi connectivity index (χ1n) is 7.03. The van der Waals surface area contributed by atoms with Crippen LogP contribution in [0.2, 0.25) is 0 Å². The lowest BCUT2D eigenvalue weighted by Crippen LogP contribution is -2.40. The first-order valence-corrected chi connectivity index (χ1v) is 7.03. The Morgan fingerprint density at radius 2 is 1.74 bits per heavy atom. The van der Waals surface area contributed by atoms with E-state index in [1.165, 1.54) is 16.8 Å². The maximum absolute atomic E-state index is 9.11. The number of aliphatic hydroxyl groups is 1. The predicted molar refractivity (Wildman–Crippen MR) is 82.7 cm³/mol. The van der Waals surface area contributed by atoms with Gasteiger partial charge in [0.25, 0.3) is 0 Å². The molecule has 0 fully saturated rings. The smallest absolute Gasteiger partial charge is 0.0608 e. The van der Waals surface area contributed by atoms with E-state index < -0.39 is 5.54 Å². The number of nitrogens with zero attached hydrogens (tertiary/aromatic N) is 1. The second kappa shape index (κ2) is 6.92. The number of aryl methyl sites for hydroxylation is 2. The largest absolute Gasteiger partial charge is 0.394 e. The number of hydrogen-bond acceptors (Lipinski definition) is 3. The van der Waals surface area contributed by atoms with Crippen molar-refractivity contribution in [3.8, 4) is 0 Å². The molecule has 108 valence electrons. The Balaban J connectivity index is 2.41. The van der Waals surface area contributed by atoms with E-state index in [1.807, 2.05) is 6.92 Å². The maximum Gasteiger partial charge on any atom is 0.0608 e. The Hall–Kier alpha value is -1.06. The van der Waals surface area contributed by atoms with Crippen molar-refractivity contribution in [2.24, 2.45) is 5.73 Å². The first kappa shape index (κ1) is 16.0. The van der Waals surface area contributed by atoms with E-state index in [2.05, 4.69) is 44.0 Å². The molecule has 1 atom stereocenters. The Kier molecular flexibility index (Phi) is 5.83. The van der Waals surface area contributed by atoms with Crippen LogP contribution in [0.15, 0.2) is 18.2 Å². The minimum Gasteiger partial charge on any atom is -0.394 e. The number of rotatable bonds is 7. The molecular formula is C16H28N2O. The summed E-state index contributed by atoms with van der Waals surface area (Å²) in [5.74, 6) is 0. The molecule has 1 unspecified atom stereocenters. The fraction of sp³-hybridized carbons (Fsp3) is 0.625. The van der Waals surface area contributed by atoms with Gasteiger partial charge in [-0.3, -0.25) is 0 Å². The average Bonchev–Trinajstić information content (AvgIpc) is 2.33. The molecule has 0 bridgehead atoms. The molecule has 3 nitrogen and oxygen atoms in total. The molecule has 3 N–H and O–H groups in total. The third-order valence-electron chi connectivity index (χ3n) is 3.50. The Morgan fingerprint density at radius 3 is 2.26 bits per heavy atom. The summed E-state index contributed by atoms with van der Waals surface area (Å²) in [5.41, 5.74) is 9.37. The highest BCUT2D eigenvalue weighted by Gasteiger charge is 2.15. The van der Waals surface area contributed by atoms with Gasteiger partial charge in [-0.15, -0.1) is 0 Å². The van der Waals surface area contributed by atoms with Crippen LogP contribution in [0, 0.1) is 13.8 Å². The van der Waals surface area contributed by atoms with Crippen LogP contribution in [0.1, 0.15) is 37.3 Å². The van der Waals surface area contributed by atoms with Crippen molar-refractivity contribution in [2.75, 3.05) is 25.1 Å². The molecule has 1 aromatic rings. The fourth-order valence-corrected chi connectivity index (χ4v) is 2.26. The number of hydrogen-bond donors (Lipinski definition) is 2. The van der Waals surface area contributed by atoms with Crippen LogP contribution in [-0.2, 0) is 0 Å². The summed E-state index contributed by atoms with van der Waals surface area (Å²) < 4.78 is 0. The van der Waals surface area contributed by atoms with E-state index >= 15 is 0 Å². The zero-order valence-electron chi connectivity index (χ0n) is 12.7. The summed E-state index contributed by atoms with van der Waals surface area (Å²) in [7, 11) is 2.13. The molecule has 1 aromatic carbocycles. The number of nitrogens with two attached hydrogens (primary N) is 1. The van der Waals surface area contributed by atoms with Gasteiger partial charge in [0.15, 0.2) is 0 Å². The predicted octanol–water partition coefficient (Wildman–Crippen LogP) is 2.62. The summed E-state index contributed by atoms with van der Waals surface area (Å²) in [6.45, 7) is 7.24. The van der Waals surface area contributed by atoms with Crippen LogP contribution in [0.25, 0.3) is 0 Å². The van der Waals surface area contributed by atoms with Crippen LogP contribution < -0.4 is 10.6 Å². The van der Waals surface area contributed by atoms with Gasteiger partial charge >= 0.3 is 0 Å². The minimum absolute atomic E-state index is 0.0555. The van der Waals surface area contributed by atoms with E-state index in [1.54, 1.807) is 0 Å². The van der Waals surface area contributed by atoms with E-state index in [0.29, 0.717) is 0 Å². The van der Waals surface area contributed by atoms with Crippen molar-refractivity contribution in [2.45, 2.75) is 45.6 Å². The van der Waals surface area contributed by atoms with E-state index in [9.17, 15) is 0 Å². The number of benzene rings is 1. The summed E-state index contributed by atoms with van der Waals surface area (Å²) in [6.07, 6.45) is 3.00. The van der Waals surface area contributed by atoms with Crippen molar-refractivity contribution < 1.29 is 5.11 Å². The van der Waals surface area contributed by atoms with Crippen LogP contribution in [0.5, 0.6) is 0 Å². The van der Waals surface area contributed by atoms with Gasteiger partial charge in [-0.05, 0) is 63.3 Å². The third kappa shape index (κ3) is 5.62. The van der Waals surface area contributed by atoms with E-state index in [4.69, 9.17) is 10.8 Å². The van der Waals surface area contributed by atoms with Gasteiger partial charge in [-0.25, -0.2) is 0 Å². The molecule has 0 aliphatic rings. The molecular weight excluding hydrogens is 236 g/mol. The second-order valence-electron chi connectivity index (χ2n) is 6.04. The molecule has 0 saturated carbocycles. The fourth-order valence-electron chi connectivity index (χ4n) is 2.26. The Labute approximate surface area is 117 Å². The molecule has 0 aromatic heterocycles. The zero-order valence-corrected chi connectivity index (χ0v) is 12.7. The second-order valence-corrected chi connectivity index (χ2v) is 6.04.